The Morgan fingerprint density at radius 1 is 0.963 bits per heavy atom. The summed E-state index contributed by atoms with van der Waals surface area (Å²) in [7, 11) is 1.81. The molecule has 0 atom stereocenters. The van der Waals surface area contributed by atoms with E-state index in [1.165, 1.54) is 5.56 Å². The third-order valence-electron chi connectivity index (χ3n) is 4.47. The molecule has 0 radical (unpaired) electrons. The summed E-state index contributed by atoms with van der Waals surface area (Å²) in [5.74, 6) is -0.0402. The number of hydrogen-bond acceptors (Lipinski definition) is 4. The quantitative estimate of drug-likeness (QED) is 0.689. The van der Waals surface area contributed by atoms with Crippen molar-refractivity contribution in [1.82, 2.24) is 14.9 Å². The molecule has 3 aromatic rings. The zero-order valence-corrected chi connectivity index (χ0v) is 15.7. The highest BCUT2D eigenvalue weighted by atomic mass is 16.2. The second-order valence-electron chi connectivity index (χ2n) is 6.47. The van der Waals surface area contributed by atoms with Crippen LogP contribution >= 0.6 is 0 Å². The smallest absolute Gasteiger partial charge is 0.255 e. The molecule has 5 nitrogen and oxygen atoms in total. The summed E-state index contributed by atoms with van der Waals surface area (Å²) in [6, 6.07) is 14.0. The van der Waals surface area contributed by atoms with E-state index in [4.69, 9.17) is 0 Å². The molecule has 0 saturated heterocycles. The molecule has 1 aromatic carbocycles. The average molecular weight is 360 g/mol. The molecule has 0 unspecified atom stereocenters. The van der Waals surface area contributed by atoms with Crippen molar-refractivity contribution in [2.75, 3.05) is 18.9 Å². The molecule has 138 valence electrons. The van der Waals surface area contributed by atoms with Gasteiger partial charge in [-0.25, -0.2) is 0 Å². The Morgan fingerprint density at radius 3 is 2.41 bits per heavy atom. The minimum Gasteiger partial charge on any atom is -0.354 e. The van der Waals surface area contributed by atoms with Crippen molar-refractivity contribution in [2.45, 2.75) is 19.8 Å². The van der Waals surface area contributed by atoms with E-state index in [9.17, 15) is 4.79 Å². The van der Waals surface area contributed by atoms with Crippen molar-refractivity contribution in [3.8, 4) is 0 Å². The number of aryl methyl sites for hydroxylation is 1. The van der Waals surface area contributed by atoms with E-state index in [2.05, 4.69) is 34.3 Å². The van der Waals surface area contributed by atoms with Gasteiger partial charge >= 0.3 is 0 Å². The molecule has 0 spiro atoms. The number of pyridine rings is 2. The Labute approximate surface area is 160 Å². The second kappa shape index (κ2) is 8.94. The van der Waals surface area contributed by atoms with Crippen molar-refractivity contribution in [2.24, 2.45) is 0 Å². The van der Waals surface area contributed by atoms with Crippen LogP contribution < -0.4 is 5.32 Å². The van der Waals surface area contributed by atoms with Gasteiger partial charge in [0.05, 0.1) is 17.4 Å². The highest BCUT2D eigenvalue weighted by Gasteiger charge is 2.13. The fourth-order valence-electron chi connectivity index (χ4n) is 2.78. The van der Waals surface area contributed by atoms with E-state index in [0.29, 0.717) is 12.1 Å². The minimum absolute atomic E-state index is 0.0402. The van der Waals surface area contributed by atoms with Gasteiger partial charge in [0.1, 0.15) is 0 Å². The highest BCUT2D eigenvalue weighted by molar-refractivity contribution is 5.94. The first-order valence-corrected chi connectivity index (χ1v) is 9.11. The number of carbonyl (C=O) groups is 1. The molecule has 0 aliphatic heterocycles. The fraction of sp³-hybridized carbons (Fsp3) is 0.227. The van der Waals surface area contributed by atoms with Crippen molar-refractivity contribution in [3.05, 3.63) is 83.9 Å². The number of nitrogens with one attached hydrogen (secondary N) is 1. The van der Waals surface area contributed by atoms with Crippen LogP contribution in [0.25, 0.3) is 0 Å². The zero-order chi connectivity index (χ0) is 19.1. The third-order valence-corrected chi connectivity index (χ3v) is 4.47. The molecule has 0 fully saturated rings. The van der Waals surface area contributed by atoms with Gasteiger partial charge in [0.2, 0.25) is 0 Å². The lowest BCUT2D eigenvalue weighted by Crippen LogP contribution is -2.29. The van der Waals surface area contributed by atoms with E-state index in [1.807, 2.05) is 37.4 Å². The molecule has 27 heavy (non-hydrogen) atoms. The largest absolute Gasteiger partial charge is 0.354 e. The molecule has 0 saturated carbocycles. The Bertz CT molecular complexity index is 878. The maximum atomic E-state index is 12.7. The van der Waals surface area contributed by atoms with Gasteiger partial charge in [-0.15, -0.1) is 0 Å². The highest BCUT2D eigenvalue weighted by Crippen LogP contribution is 2.18. The maximum absolute atomic E-state index is 12.7. The Balaban J connectivity index is 1.63. The van der Waals surface area contributed by atoms with E-state index in [-0.39, 0.29) is 5.91 Å². The number of nitrogens with zero attached hydrogens (tertiary/aromatic N) is 3. The van der Waals surface area contributed by atoms with Gasteiger partial charge in [0.15, 0.2) is 0 Å². The van der Waals surface area contributed by atoms with Crippen molar-refractivity contribution in [3.63, 3.8) is 0 Å². The number of benzene rings is 1. The lowest BCUT2D eigenvalue weighted by atomic mass is 10.1. The lowest BCUT2D eigenvalue weighted by Gasteiger charge is -2.17. The monoisotopic (exact) mass is 360 g/mol. The van der Waals surface area contributed by atoms with Crippen LogP contribution in [-0.4, -0.2) is 34.4 Å². The summed E-state index contributed by atoms with van der Waals surface area (Å²) in [6.07, 6.45) is 8.67. The van der Waals surface area contributed by atoms with Crippen molar-refractivity contribution < 1.29 is 4.79 Å². The zero-order valence-electron chi connectivity index (χ0n) is 15.7. The van der Waals surface area contributed by atoms with Crippen LogP contribution in [0.4, 0.5) is 11.4 Å². The lowest BCUT2D eigenvalue weighted by molar-refractivity contribution is 0.0796. The number of hydrogen-bond donors (Lipinski definition) is 1. The number of anilines is 2. The molecule has 5 heteroatoms. The van der Waals surface area contributed by atoms with Crippen LogP contribution in [0, 0.1) is 0 Å². The average Bonchev–Trinajstić information content (AvgIpc) is 2.73. The fourth-order valence-corrected chi connectivity index (χ4v) is 2.78. The molecule has 2 heterocycles. The molecule has 1 N–H and O–H groups in total. The van der Waals surface area contributed by atoms with E-state index in [0.717, 1.165) is 29.8 Å². The standard InChI is InChI=1S/C22H24N4O/c1-3-17-4-6-20(7-5-17)25-21-14-19(15-24-16-21)22(27)26(2)13-10-18-8-11-23-12-9-18/h4-9,11-12,14-16,25H,3,10,13H2,1-2H3. The number of amides is 1. The molecule has 0 aliphatic carbocycles. The number of rotatable bonds is 7. The summed E-state index contributed by atoms with van der Waals surface area (Å²) in [5.41, 5.74) is 4.80. The van der Waals surface area contributed by atoms with Gasteiger partial charge in [-0.3, -0.25) is 14.8 Å². The van der Waals surface area contributed by atoms with Crippen molar-refractivity contribution in [1.29, 1.82) is 0 Å². The van der Waals surface area contributed by atoms with E-state index >= 15 is 0 Å². The van der Waals surface area contributed by atoms with Crippen LogP contribution in [0.15, 0.2) is 67.3 Å². The van der Waals surface area contributed by atoms with E-state index < -0.39 is 0 Å². The Kier molecular flexibility index (Phi) is 6.15. The minimum atomic E-state index is -0.0402. The summed E-state index contributed by atoms with van der Waals surface area (Å²) in [5, 5.41) is 3.31. The van der Waals surface area contributed by atoms with Gasteiger partial charge in [-0.1, -0.05) is 19.1 Å². The summed E-state index contributed by atoms with van der Waals surface area (Å²) < 4.78 is 0. The topological polar surface area (TPSA) is 58.1 Å². The maximum Gasteiger partial charge on any atom is 0.255 e. The van der Waals surface area contributed by atoms with Crippen LogP contribution in [0.2, 0.25) is 0 Å². The van der Waals surface area contributed by atoms with Gasteiger partial charge in [0.25, 0.3) is 5.91 Å². The van der Waals surface area contributed by atoms with Crippen LogP contribution in [0.1, 0.15) is 28.4 Å². The van der Waals surface area contributed by atoms with Crippen LogP contribution in [0.3, 0.4) is 0 Å². The molecule has 2 aromatic heterocycles. The van der Waals surface area contributed by atoms with E-state index in [1.54, 1.807) is 29.7 Å². The number of aromatic nitrogens is 2. The summed E-state index contributed by atoms with van der Waals surface area (Å²) >= 11 is 0. The van der Waals surface area contributed by atoms with Gasteiger partial charge < -0.3 is 10.2 Å². The second-order valence-corrected chi connectivity index (χ2v) is 6.47. The SMILES string of the molecule is CCc1ccc(Nc2cncc(C(=O)N(C)CCc3ccncc3)c2)cc1. The Morgan fingerprint density at radius 2 is 1.70 bits per heavy atom. The van der Waals surface area contributed by atoms with Gasteiger partial charge in [0, 0.05) is 37.9 Å². The van der Waals surface area contributed by atoms with Crippen LogP contribution in [-0.2, 0) is 12.8 Å². The van der Waals surface area contributed by atoms with Crippen molar-refractivity contribution >= 4 is 17.3 Å². The van der Waals surface area contributed by atoms with Gasteiger partial charge in [-0.2, -0.15) is 0 Å². The van der Waals surface area contributed by atoms with Gasteiger partial charge in [-0.05, 0) is 54.3 Å². The first-order valence-electron chi connectivity index (χ1n) is 9.11. The predicted molar refractivity (Wildman–Crippen MR) is 108 cm³/mol. The molecular formula is C22H24N4O. The molecule has 0 aliphatic rings. The normalized spacial score (nSPS) is 10.4. The molecule has 1 amide bonds. The third kappa shape index (κ3) is 5.14. The summed E-state index contributed by atoms with van der Waals surface area (Å²) in [6.45, 7) is 2.77. The Hall–Kier alpha value is -3.21. The predicted octanol–water partition coefficient (Wildman–Crippen LogP) is 4.10. The summed E-state index contributed by atoms with van der Waals surface area (Å²) in [4.78, 5) is 22.7. The number of likely N-dealkylation sites (N-methyl/N-ethyl adjacent to an activating group) is 1. The first-order chi connectivity index (χ1) is 13.2. The number of carbonyl (C=O) groups excluding carboxylic acids is 1. The molecule has 3 rings (SSSR count). The van der Waals surface area contributed by atoms with Crippen LogP contribution in [0.5, 0.6) is 0 Å². The molecule has 0 bridgehead atoms. The first kappa shape index (κ1) is 18.6. The molecular weight excluding hydrogens is 336 g/mol.